The van der Waals surface area contributed by atoms with Gasteiger partial charge >= 0.3 is 0 Å². The molecule has 0 saturated carbocycles. The maximum Gasteiger partial charge on any atom is 0.244 e. The molecular formula is C23H27Cl2FN6O2. The first-order valence-corrected chi connectivity index (χ1v) is 11.5. The summed E-state index contributed by atoms with van der Waals surface area (Å²) in [5, 5.41) is 10.4. The van der Waals surface area contributed by atoms with Crippen LogP contribution in [0.25, 0.3) is 11.1 Å². The highest BCUT2D eigenvalue weighted by Gasteiger charge is 2.21. The molecule has 1 amide bonds. The van der Waals surface area contributed by atoms with Gasteiger partial charge < -0.3 is 21.1 Å². The molecule has 3 aromatic rings. The predicted octanol–water partition coefficient (Wildman–Crippen LogP) is 4.40. The minimum absolute atomic E-state index is 0.109. The van der Waals surface area contributed by atoms with Gasteiger partial charge in [-0.3, -0.25) is 9.48 Å². The van der Waals surface area contributed by atoms with Crippen LogP contribution in [-0.4, -0.2) is 40.8 Å². The second-order valence-electron chi connectivity index (χ2n) is 7.76. The van der Waals surface area contributed by atoms with E-state index in [0.717, 1.165) is 18.5 Å². The van der Waals surface area contributed by atoms with Crippen LogP contribution in [-0.2, 0) is 4.79 Å². The molecule has 0 bridgehead atoms. The Morgan fingerprint density at radius 3 is 2.74 bits per heavy atom. The zero-order valence-electron chi connectivity index (χ0n) is 19.1. The third kappa shape index (κ3) is 5.97. The minimum atomic E-state index is -0.690. The first kappa shape index (κ1) is 25.7. The Morgan fingerprint density at radius 2 is 2.00 bits per heavy atom. The van der Waals surface area contributed by atoms with Crippen LogP contribution in [0, 0.1) is 5.82 Å². The maximum atomic E-state index is 13.9. The van der Waals surface area contributed by atoms with Crippen LogP contribution in [0.5, 0.6) is 5.75 Å². The fourth-order valence-electron chi connectivity index (χ4n) is 3.32. The van der Waals surface area contributed by atoms with Crippen molar-refractivity contribution in [1.82, 2.24) is 25.4 Å². The van der Waals surface area contributed by atoms with E-state index in [1.165, 1.54) is 12.1 Å². The van der Waals surface area contributed by atoms with Crippen molar-refractivity contribution in [3.8, 4) is 16.9 Å². The van der Waals surface area contributed by atoms with Crippen molar-refractivity contribution in [3.63, 3.8) is 0 Å². The van der Waals surface area contributed by atoms with E-state index >= 15 is 0 Å². The fraction of sp³-hybridized carbons (Fsp3) is 0.348. The standard InChI is InChI=1S/C23H27Cl2FN6O2/c1-13(23(33)29-8-4-7-28-3)32-12-16(11-31-32)15-9-19(22(27)30-10-15)34-14(2)20-17(24)5-6-18(26)21(20)25/h5-6,9-14,28H,4,7-8H2,1-3H3,(H2,27,30)(H,29,33)/t13-,14?/m1/s1. The summed E-state index contributed by atoms with van der Waals surface area (Å²) in [6.07, 6.45) is 5.11. The molecule has 2 atom stereocenters. The Morgan fingerprint density at radius 1 is 1.24 bits per heavy atom. The summed E-state index contributed by atoms with van der Waals surface area (Å²) < 4.78 is 21.5. The highest BCUT2D eigenvalue weighted by Crippen LogP contribution is 2.37. The number of aromatic nitrogens is 3. The maximum absolute atomic E-state index is 13.9. The Balaban J connectivity index is 1.76. The smallest absolute Gasteiger partial charge is 0.244 e. The molecule has 1 aromatic carbocycles. The fourth-order valence-corrected chi connectivity index (χ4v) is 3.99. The van der Waals surface area contributed by atoms with Crippen molar-refractivity contribution in [2.75, 3.05) is 25.9 Å². The van der Waals surface area contributed by atoms with Gasteiger partial charge in [-0.15, -0.1) is 0 Å². The van der Waals surface area contributed by atoms with Gasteiger partial charge in [-0.1, -0.05) is 23.2 Å². The molecule has 0 fully saturated rings. The van der Waals surface area contributed by atoms with E-state index in [9.17, 15) is 9.18 Å². The summed E-state index contributed by atoms with van der Waals surface area (Å²) in [6, 6.07) is 3.82. The van der Waals surface area contributed by atoms with Gasteiger partial charge in [0.1, 0.15) is 18.0 Å². The summed E-state index contributed by atoms with van der Waals surface area (Å²) in [4.78, 5) is 16.6. The van der Waals surface area contributed by atoms with E-state index in [2.05, 4.69) is 20.7 Å². The van der Waals surface area contributed by atoms with Gasteiger partial charge in [-0.25, -0.2) is 9.37 Å². The summed E-state index contributed by atoms with van der Waals surface area (Å²) in [7, 11) is 1.87. The lowest BCUT2D eigenvalue weighted by molar-refractivity contribution is -0.124. The SMILES string of the molecule is CNCCCNC(=O)[C@@H](C)n1cc(-c2cnc(N)c(OC(C)c3c(Cl)ccc(F)c3Cl)c2)cn1. The average molecular weight is 509 g/mol. The molecule has 34 heavy (non-hydrogen) atoms. The molecule has 0 saturated heterocycles. The number of pyridine rings is 1. The van der Waals surface area contributed by atoms with Crippen LogP contribution in [0.4, 0.5) is 10.2 Å². The molecule has 2 aromatic heterocycles. The first-order chi connectivity index (χ1) is 16.2. The highest BCUT2D eigenvalue weighted by molar-refractivity contribution is 6.36. The number of ether oxygens (including phenoxy) is 1. The van der Waals surface area contributed by atoms with Gasteiger partial charge in [0.2, 0.25) is 5.91 Å². The zero-order valence-corrected chi connectivity index (χ0v) is 20.6. The number of amides is 1. The molecule has 1 unspecified atom stereocenters. The number of rotatable bonds is 10. The minimum Gasteiger partial charge on any atom is -0.482 e. The van der Waals surface area contributed by atoms with E-state index in [0.29, 0.717) is 17.7 Å². The topological polar surface area (TPSA) is 107 Å². The van der Waals surface area contributed by atoms with Crippen molar-refractivity contribution in [2.24, 2.45) is 0 Å². The predicted molar refractivity (Wildman–Crippen MR) is 132 cm³/mol. The number of halogens is 3. The number of hydrogen-bond donors (Lipinski definition) is 3. The average Bonchev–Trinajstić information content (AvgIpc) is 3.30. The highest BCUT2D eigenvalue weighted by atomic mass is 35.5. The molecule has 4 N–H and O–H groups in total. The molecule has 0 aliphatic carbocycles. The quantitative estimate of drug-likeness (QED) is 0.276. The van der Waals surface area contributed by atoms with Crippen LogP contribution < -0.4 is 21.1 Å². The first-order valence-electron chi connectivity index (χ1n) is 10.7. The Labute approximate surface area is 207 Å². The monoisotopic (exact) mass is 508 g/mol. The molecule has 2 heterocycles. The largest absolute Gasteiger partial charge is 0.482 e. The van der Waals surface area contributed by atoms with E-state index in [1.54, 1.807) is 43.2 Å². The summed E-state index contributed by atoms with van der Waals surface area (Å²) in [5.74, 6) is -0.280. The molecule has 0 aliphatic heterocycles. The number of anilines is 1. The summed E-state index contributed by atoms with van der Waals surface area (Å²) in [6.45, 7) is 4.87. The number of carbonyl (C=O) groups is 1. The van der Waals surface area contributed by atoms with Crippen molar-refractivity contribution < 1.29 is 13.9 Å². The lowest BCUT2D eigenvalue weighted by Gasteiger charge is -2.19. The van der Waals surface area contributed by atoms with E-state index in [4.69, 9.17) is 33.7 Å². The van der Waals surface area contributed by atoms with Crippen LogP contribution in [0.15, 0.2) is 36.8 Å². The number of nitrogens with zero attached hydrogens (tertiary/aromatic N) is 3. The van der Waals surface area contributed by atoms with Crippen LogP contribution in [0.1, 0.15) is 38.0 Å². The van der Waals surface area contributed by atoms with Crippen LogP contribution >= 0.6 is 23.2 Å². The zero-order chi connectivity index (χ0) is 24.8. The summed E-state index contributed by atoms with van der Waals surface area (Å²) >= 11 is 12.3. The molecule has 182 valence electrons. The third-order valence-electron chi connectivity index (χ3n) is 5.29. The number of nitrogens with one attached hydrogen (secondary N) is 2. The lowest BCUT2D eigenvalue weighted by atomic mass is 10.1. The van der Waals surface area contributed by atoms with Crippen LogP contribution in [0.2, 0.25) is 10.0 Å². The van der Waals surface area contributed by atoms with E-state index in [1.807, 2.05) is 7.05 Å². The van der Waals surface area contributed by atoms with Gasteiger partial charge in [-0.05, 0) is 52.1 Å². The van der Waals surface area contributed by atoms with Gasteiger partial charge in [0.05, 0.1) is 11.2 Å². The lowest BCUT2D eigenvalue weighted by Crippen LogP contribution is -2.32. The Kier molecular flexibility index (Phi) is 8.71. The molecule has 0 spiro atoms. The van der Waals surface area contributed by atoms with Crippen molar-refractivity contribution in [1.29, 1.82) is 0 Å². The molecule has 0 aliphatic rings. The van der Waals surface area contributed by atoms with Gasteiger partial charge in [0.25, 0.3) is 0 Å². The molecule has 3 rings (SSSR count). The second-order valence-corrected chi connectivity index (χ2v) is 8.54. The normalized spacial score (nSPS) is 12.9. The molecule has 11 heteroatoms. The number of hydrogen-bond acceptors (Lipinski definition) is 6. The van der Waals surface area contributed by atoms with Gasteiger partial charge in [0, 0.05) is 40.7 Å². The molecular weight excluding hydrogens is 482 g/mol. The van der Waals surface area contributed by atoms with Crippen molar-refractivity contribution >= 4 is 34.9 Å². The van der Waals surface area contributed by atoms with Crippen LogP contribution in [0.3, 0.4) is 0 Å². The Bertz CT molecular complexity index is 1160. The number of benzene rings is 1. The number of carbonyl (C=O) groups excluding carboxylic acids is 1. The van der Waals surface area contributed by atoms with Gasteiger partial charge in [-0.2, -0.15) is 5.10 Å². The molecule has 8 nitrogen and oxygen atoms in total. The number of nitrogens with two attached hydrogens (primary N) is 1. The summed E-state index contributed by atoms with van der Waals surface area (Å²) in [5.41, 5.74) is 7.73. The third-order valence-corrected chi connectivity index (χ3v) is 6.00. The van der Waals surface area contributed by atoms with Gasteiger partial charge in [0.15, 0.2) is 11.6 Å². The van der Waals surface area contributed by atoms with E-state index < -0.39 is 18.0 Å². The van der Waals surface area contributed by atoms with E-state index in [-0.39, 0.29) is 27.5 Å². The van der Waals surface area contributed by atoms with Crippen molar-refractivity contribution in [2.45, 2.75) is 32.4 Å². The number of nitrogen functional groups attached to an aromatic ring is 1. The molecule has 0 radical (unpaired) electrons. The second kappa shape index (κ2) is 11.5. The Hall–Kier alpha value is -2.88. The van der Waals surface area contributed by atoms with Crippen molar-refractivity contribution in [3.05, 3.63) is 58.2 Å².